The predicted molar refractivity (Wildman–Crippen MR) is 129 cm³/mol. The summed E-state index contributed by atoms with van der Waals surface area (Å²) in [4.78, 5) is 27.9. The topological polar surface area (TPSA) is 89.5 Å². The Morgan fingerprint density at radius 2 is 1.94 bits per heavy atom. The molecule has 0 spiro atoms. The van der Waals surface area contributed by atoms with E-state index in [0.29, 0.717) is 18.1 Å². The van der Waals surface area contributed by atoms with Crippen molar-refractivity contribution in [3.8, 4) is 11.1 Å². The van der Waals surface area contributed by atoms with E-state index in [9.17, 15) is 4.79 Å². The second-order valence-electron chi connectivity index (χ2n) is 7.48. The van der Waals surface area contributed by atoms with Gasteiger partial charge in [-0.25, -0.2) is 19.7 Å². The molecular formula is C24H23N5O3S. The maximum atomic E-state index is 11.9. The number of nitrogens with one attached hydrogen (secondary N) is 1. The number of carbonyl (C=O) groups is 1. The highest BCUT2D eigenvalue weighted by Crippen LogP contribution is 2.33. The molecule has 1 aliphatic heterocycles. The van der Waals surface area contributed by atoms with Crippen LogP contribution in [0.2, 0.25) is 0 Å². The summed E-state index contributed by atoms with van der Waals surface area (Å²) in [7, 11) is 0. The Balaban J connectivity index is 1.35. The summed E-state index contributed by atoms with van der Waals surface area (Å²) in [5.74, 6) is 1.12. The van der Waals surface area contributed by atoms with Crippen molar-refractivity contribution in [2.75, 3.05) is 43.1 Å². The number of fused-ring (bicyclic) bond motifs is 1. The molecule has 1 fully saturated rings. The summed E-state index contributed by atoms with van der Waals surface area (Å²) < 4.78 is 11.5. The Labute approximate surface area is 195 Å². The monoisotopic (exact) mass is 461 g/mol. The first-order valence-corrected chi connectivity index (χ1v) is 11.7. The van der Waals surface area contributed by atoms with Crippen molar-refractivity contribution in [2.45, 2.75) is 6.92 Å². The van der Waals surface area contributed by atoms with Gasteiger partial charge >= 0.3 is 5.97 Å². The standard InChI is InChI=1S/C24H23N5O3S/c1-2-32-23(30)17-5-3-16(4-6-17)19-15-33-20-14-26-24(28-22(19)20)27-18-7-8-21(25-13-18)29-9-11-31-12-10-29/h3-8,13-15H,2,9-12H2,1H3,(H,26,27,28). The van der Waals surface area contributed by atoms with Crippen LogP contribution in [-0.2, 0) is 9.47 Å². The molecule has 3 aromatic heterocycles. The lowest BCUT2D eigenvalue weighted by atomic mass is 10.1. The first-order chi connectivity index (χ1) is 16.2. The zero-order valence-electron chi connectivity index (χ0n) is 18.2. The van der Waals surface area contributed by atoms with Gasteiger partial charge in [0.15, 0.2) is 0 Å². The van der Waals surface area contributed by atoms with Crippen LogP contribution < -0.4 is 10.2 Å². The van der Waals surface area contributed by atoms with Crippen LogP contribution in [0.1, 0.15) is 17.3 Å². The number of rotatable bonds is 6. The third-order valence-electron chi connectivity index (χ3n) is 5.36. The van der Waals surface area contributed by atoms with Gasteiger partial charge in [-0.15, -0.1) is 11.3 Å². The van der Waals surface area contributed by atoms with Crippen LogP contribution in [0.3, 0.4) is 0 Å². The van der Waals surface area contributed by atoms with Gasteiger partial charge in [0.2, 0.25) is 5.95 Å². The van der Waals surface area contributed by atoms with Gasteiger partial charge < -0.3 is 19.7 Å². The van der Waals surface area contributed by atoms with E-state index in [-0.39, 0.29) is 5.97 Å². The van der Waals surface area contributed by atoms with Crippen molar-refractivity contribution in [3.63, 3.8) is 0 Å². The molecular weight excluding hydrogens is 438 g/mol. The second kappa shape index (κ2) is 9.51. The van der Waals surface area contributed by atoms with E-state index in [0.717, 1.165) is 59.2 Å². The van der Waals surface area contributed by atoms with Gasteiger partial charge in [0.05, 0.1) is 53.7 Å². The van der Waals surface area contributed by atoms with Crippen molar-refractivity contribution < 1.29 is 14.3 Å². The van der Waals surface area contributed by atoms with E-state index >= 15 is 0 Å². The molecule has 168 valence electrons. The van der Waals surface area contributed by atoms with Gasteiger partial charge in [-0.1, -0.05) is 12.1 Å². The van der Waals surface area contributed by atoms with Crippen molar-refractivity contribution >= 4 is 45.0 Å². The smallest absolute Gasteiger partial charge is 0.338 e. The average Bonchev–Trinajstić information content (AvgIpc) is 3.29. The number of esters is 1. The summed E-state index contributed by atoms with van der Waals surface area (Å²) in [5.41, 5.74) is 4.19. The van der Waals surface area contributed by atoms with Crippen molar-refractivity contribution in [1.82, 2.24) is 15.0 Å². The summed E-state index contributed by atoms with van der Waals surface area (Å²) in [6.07, 6.45) is 3.61. The van der Waals surface area contributed by atoms with Gasteiger partial charge in [-0.2, -0.15) is 0 Å². The first-order valence-electron chi connectivity index (χ1n) is 10.8. The lowest BCUT2D eigenvalue weighted by Crippen LogP contribution is -2.36. The zero-order chi connectivity index (χ0) is 22.6. The van der Waals surface area contributed by atoms with Crippen molar-refractivity contribution in [3.05, 3.63) is 59.7 Å². The Kier molecular flexibility index (Phi) is 6.14. The minimum absolute atomic E-state index is 0.318. The Morgan fingerprint density at radius 3 is 2.67 bits per heavy atom. The quantitative estimate of drug-likeness (QED) is 0.420. The minimum Gasteiger partial charge on any atom is -0.462 e. The van der Waals surface area contributed by atoms with E-state index in [1.807, 2.05) is 30.5 Å². The predicted octanol–water partition coefficient (Wildman–Crippen LogP) is 4.51. The number of hydrogen-bond acceptors (Lipinski definition) is 9. The number of ether oxygens (including phenoxy) is 2. The Bertz CT molecular complexity index is 1250. The fraction of sp³-hybridized carbons (Fsp3) is 0.250. The number of pyridine rings is 1. The van der Waals surface area contributed by atoms with Gasteiger partial charge in [0, 0.05) is 24.0 Å². The highest BCUT2D eigenvalue weighted by atomic mass is 32.1. The third kappa shape index (κ3) is 4.64. The highest BCUT2D eigenvalue weighted by molar-refractivity contribution is 7.17. The summed E-state index contributed by atoms with van der Waals surface area (Å²) in [6.45, 7) is 5.30. The number of anilines is 3. The van der Waals surface area contributed by atoms with Crippen LogP contribution in [-0.4, -0.2) is 53.8 Å². The van der Waals surface area contributed by atoms with Crippen LogP contribution in [0.4, 0.5) is 17.5 Å². The molecule has 0 unspecified atom stereocenters. The molecule has 9 heteroatoms. The normalized spacial score (nSPS) is 13.8. The zero-order valence-corrected chi connectivity index (χ0v) is 19.0. The summed E-state index contributed by atoms with van der Waals surface area (Å²) >= 11 is 1.59. The SMILES string of the molecule is CCOC(=O)c1ccc(-c2csc3cnc(Nc4ccc(N5CCOCC5)nc4)nc23)cc1. The van der Waals surface area contributed by atoms with E-state index in [2.05, 4.69) is 25.6 Å². The fourth-order valence-corrected chi connectivity index (χ4v) is 4.54. The largest absolute Gasteiger partial charge is 0.462 e. The van der Waals surface area contributed by atoms with Crippen molar-refractivity contribution in [1.29, 1.82) is 0 Å². The van der Waals surface area contributed by atoms with Crippen molar-refractivity contribution in [2.24, 2.45) is 0 Å². The first kappa shape index (κ1) is 21.3. The number of nitrogens with zero attached hydrogens (tertiary/aromatic N) is 4. The second-order valence-corrected chi connectivity index (χ2v) is 8.39. The Hall–Kier alpha value is -3.56. The molecule has 4 aromatic rings. The van der Waals surface area contributed by atoms with Crippen LogP contribution >= 0.6 is 11.3 Å². The van der Waals surface area contributed by atoms with Crippen LogP contribution in [0, 0.1) is 0 Å². The molecule has 0 atom stereocenters. The third-order valence-corrected chi connectivity index (χ3v) is 6.27. The molecule has 1 aromatic carbocycles. The molecule has 0 saturated carbocycles. The molecule has 0 aliphatic carbocycles. The lowest BCUT2D eigenvalue weighted by Gasteiger charge is -2.27. The lowest BCUT2D eigenvalue weighted by molar-refractivity contribution is 0.0526. The average molecular weight is 462 g/mol. The number of morpholine rings is 1. The number of aromatic nitrogens is 3. The van der Waals surface area contributed by atoms with Gasteiger partial charge in [0.1, 0.15) is 5.82 Å². The molecule has 0 radical (unpaired) electrons. The summed E-state index contributed by atoms with van der Waals surface area (Å²) in [5, 5.41) is 5.30. The van der Waals surface area contributed by atoms with E-state index in [4.69, 9.17) is 14.5 Å². The number of hydrogen-bond donors (Lipinski definition) is 1. The summed E-state index contributed by atoms with van der Waals surface area (Å²) in [6, 6.07) is 11.4. The van der Waals surface area contributed by atoms with Gasteiger partial charge in [0.25, 0.3) is 0 Å². The van der Waals surface area contributed by atoms with E-state index in [1.54, 1.807) is 36.6 Å². The number of carbonyl (C=O) groups excluding carboxylic acids is 1. The molecule has 8 nitrogen and oxygen atoms in total. The number of thiophene rings is 1. The van der Waals surface area contributed by atoms with Crippen LogP contribution in [0.15, 0.2) is 54.2 Å². The maximum Gasteiger partial charge on any atom is 0.338 e. The molecule has 4 heterocycles. The van der Waals surface area contributed by atoms with Gasteiger partial charge in [-0.3, -0.25) is 0 Å². The number of benzene rings is 1. The van der Waals surface area contributed by atoms with E-state index < -0.39 is 0 Å². The molecule has 1 aliphatic rings. The van der Waals surface area contributed by atoms with Gasteiger partial charge in [-0.05, 0) is 36.8 Å². The van der Waals surface area contributed by atoms with E-state index in [1.165, 1.54) is 0 Å². The molecule has 5 rings (SSSR count). The molecule has 1 saturated heterocycles. The van der Waals surface area contributed by atoms with Crippen LogP contribution in [0.25, 0.3) is 21.3 Å². The maximum absolute atomic E-state index is 11.9. The molecule has 0 bridgehead atoms. The minimum atomic E-state index is -0.318. The molecule has 1 N–H and O–H groups in total. The molecule has 33 heavy (non-hydrogen) atoms. The fourth-order valence-electron chi connectivity index (χ4n) is 3.66. The molecule has 0 amide bonds. The Morgan fingerprint density at radius 1 is 1.12 bits per heavy atom. The highest BCUT2D eigenvalue weighted by Gasteiger charge is 2.14. The van der Waals surface area contributed by atoms with Crippen LogP contribution in [0.5, 0.6) is 0 Å².